The monoisotopic (exact) mass is 256 g/mol. The Hall–Kier alpha value is -1.10. The second-order valence-electron chi connectivity index (χ2n) is 5.64. The minimum absolute atomic E-state index is 0.0380. The molecule has 1 saturated heterocycles. The second-order valence-corrected chi connectivity index (χ2v) is 5.64. The number of nitrogens with one attached hydrogen (secondary N) is 1. The molecule has 0 bridgehead atoms. The third-order valence-corrected chi connectivity index (χ3v) is 3.58. The van der Waals surface area contributed by atoms with E-state index in [-0.39, 0.29) is 18.4 Å². The molecule has 104 valence electrons. The number of hydrogen-bond donors (Lipinski definition) is 2. The van der Waals surface area contributed by atoms with Crippen molar-refractivity contribution in [1.82, 2.24) is 10.2 Å². The predicted octanol–water partition coefficient (Wildman–Crippen LogP) is 1.09. The molecule has 1 aliphatic heterocycles. The molecule has 0 aromatic heterocycles. The molecule has 2 N–H and O–H groups in total. The summed E-state index contributed by atoms with van der Waals surface area (Å²) in [5, 5.41) is 11.9. The summed E-state index contributed by atoms with van der Waals surface area (Å²) in [6, 6.07) is 0.199. The topological polar surface area (TPSA) is 69.6 Å². The number of likely N-dealkylation sites (tertiary alicyclic amines) is 1. The lowest BCUT2D eigenvalue weighted by atomic mass is 9.89. The maximum Gasteiger partial charge on any atom is 0.309 e. The van der Waals surface area contributed by atoms with Crippen molar-refractivity contribution in [3.05, 3.63) is 0 Å². The van der Waals surface area contributed by atoms with Crippen LogP contribution in [0.1, 0.15) is 40.0 Å². The third-order valence-electron chi connectivity index (χ3n) is 3.58. The van der Waals surface area contributed by atoms with Crippen LogP contribution in [0, 0.1) is 5.41 Å². The van der Waals surface area contributed by atoms with Gasteiger partial charge in [-0.25, -0.2) is 0 Å². The van der Waals surface area contributed by atoms with Gasteiger partial charge in [0.05, 0.1) is 5.41 Å². The first kappa shape index (κ1) is 15.0. The lowest BCUT2D eigenvalue weighted by Crippen LogP contribution is -2.45. The molecule has 5 heteroatoms. The van der Waals surface area contributed by atoms with E-state index in [0.717, 1.165) is 32.5 Å². The fraction of sp³-hybridized carbons (Fsp3) is 0.846. The van der Waals surface area contributed by atoms with E-state index in [1.54, 1.807) is 13.8 Å². The van der Waals surface area contributed by atoms with Crippen LogP contribution < -0.4 is 5.32 Å². The first-order valence-corrected chi connectivity index (χ1v) is 6.60. The van der Waals surface area contributed by atoms with Crippen LogP contribution in [0.5, 0.6) is 0 Å². The highest BCUT2D eigenvalue weighted by molar-refractivity contribution is 5.84. The highest BCUT2D eigenvalue weighted by Crippen LogP contribution is 2.20. The number of carboxylic acid groups (broad SMARTS) is 1. The van der Waals surface area contributed by atoms with Crippen LogP contribution in [-0.4, -0.2) is 47.6 Å². The molecule has 0 aliphatic carbocycles. The molecule has 1 heterocycles. The van der Waals surface area contributed by atoms with E-state index >= 15 is 0 Å². The summed E-state index contributed by atoms with van der Waals surface area (Å²) >= 11 is 0. The van der Waals surface area contributed by atoms with Crippen LogP contribution in [0.2, 0.25) is 0 Å². The molecule has 0 unspecified atom stereocenters. The summed E-state index contributed by atoms with van der Waals surface area (Å²) in [5.41, 5.74) is -0.992. The molecule has 5 nitrogen and oxygen atoms in total. The van der Waals surface area contributed by atoms with Crippen molar-refractivity contribution >= 4 is 11.9 Å². The van der Waals surface area contributed by atoms with Crippen LogP contribution in [0.3, 0.4) is 0 Å². The average molecular weight is 256 g/mol. The predicted molar refractivity (Wildman–Crippen MR) is 69.3 cm³/mol. The average Bonchev–Trinajstić information content (AvgIpc) is 2.29. The second kappa shape index (κ2) is 6.18. The highest BCUT2D eigenvalue weighted by Gasteiger charge is 2.31. The minimum Gasteiger partial charge on any atom is -0.481 e. The Morgan fingerprint density at radius 3 is 2.33 bits per heavy atom. The Labute approximate surface area is 109 Å². The van der Waals surface area contributed by atoms with E-state index in [1.807, 2.05) is 0 Å². The molecule has 1 rings (SSSR count). The molecule has 18 heavy (non-hydrogen) atoms. The zero-order valence-corrected chi connectivity index (χ0v) is 11.5. The van der Waals surface area contributed by atoms with Gasteiger partial charge < -0.3 is 15.3 Å². The largest absolute Gasteiger partial charge is 0.481 e. The van der Waals surface area contributed by atoms with Gasteiger partial charge in [-0.05, 0) is 33.2 Å². The number of hydrogen-bond acceptors (Lipinski definition) is 3. The Bertz CT molecular complexity index is 307. The van der Waals surface area contributed by atoms with Gasteiger partial charge in [-0.1, -0.05) is 6.92 Å². The Kier molecular flexibility index (Phi) is 5.14. The van der Waals surface area contributed by atoms with E-state index < -0.39 is 11.4 Å². The molecule has 0 spiro atoms. The molecule has 1 aliphatic rings. The molecular formula is C13H24N2O3. The highest BCUT2D eigenvalue weighted by atomic mass is 16.4. The van der Waals surface area contributed by atoms with Gasteiger partial charge >= 0.3 is 5.97 Å². The fourth-order valence-electron chi connectivity index (χ4n) is 2.15. The van der Waals surface area contributed by atoms with Crippen LogP contribution in [-0.2, 0) is 9.59 Å². The van der Waals surface area contributed by atoms with Crippen molar-refractivity contribution in [2.45, 2.75) is 46.1 Å². The number of nitrogens with zero attached hydrogens (tertiary/aromatic N) is 1. The molecule has 0 radical (unpaired) electrons. The van der Waals surface area contributed by atoms with E-state index in [4.69, 9.17) is 5.11 Å². The Morgan fingerprint density at radius 1 is 1.33 bits per heavy atom. The number of carbonyl (C=O) groups is 2. The molecule has 0 saturated carbocycles. The van der Waals surface area contributed by atoms with Gasteiger partial charge in [0.1, 0.15) is 0 Å². The van der Waals surface area contributed by atoms with Gasteiger partial charge in [0, 0.05) is 25.6 Å². The Balaban J connectivity index is 2.35. The summed E-state index contributed by atoms with van der Waals surface area (Å²) < 4.78 is 0. The van der Waals surface area contributed by atoms with Crippen molar-refractivity contribution in [3.8, 4) is 0 Å². The lowest BCUT2D eigenvalue weighted by molar-refractivity contribution is -0.149. The van der Waals surface area contributed by atoms with Gasteiger partial charge in [-0.2, -0.15) is 0 Å². The first-order chi connectivity index (χ1) is 8.35. The fourth-order valence-corrected chi connectivity index (χ4v) is 2.15. The number of aliphatic carboxylic acids is 1. The van der Waals surface area contributed by atoms with Crippen LogP contribution in [0.25, 0.3) is 0 Å². The van der Waals surface area contributed by atoms with E-state index in [1.165, 1.54) is 0 Å². The maximum atomic E-state index is 11.8. The zero-order valence-electron chi connectivity index (χ0n) is 11.5. The summed E-state index contributed by atoms with van der Waals surface area (Å²) in [4.78, 5) is 25.1. The molecule has 0 atom stereocenters. The van der Waals surface area contributed by atoms with Gasteiger partial charge in [-0.15, -0.1) is 0 Å². The van der Waals surface area contributed by atoms with Gasteiger partial charge in [0.25, 0.3) is 0 Å². The summed E-state index contributed by atoms with van der Waals surface area (Å²) in [7, 11) is 0. The van der Waals surface area contributed by atoms with Crippen molar-refractivity contribution < 1.29 is 14.7 Å². The number of rotatable bonds is 5. The van der Waals surface area contributed by atoms with Crippen LogP contribution in [0.15, 0.2) is 0 Å². The first-order valence-electron chi connectivity index (χ1n) is 6.60. The number of piperidine rings is 1. The van der Waals surface area contributed by atoms with Gasteiger partial charge in [-0.3, -0.25) is 9.59 Å². The molecule has 0 aromatic rings. The summed E-state index contributed by atoms with van der Waals surface area (Å²) in [5.74, 6) is -1.09. The number of carboxylic acids is 1. The van der Waals surface area contributed by atoms with Crippen molar-refractivity contribution in [1.29, 1.82) is 0 Å². The van der Waals surface area contributed by atoms with E-state index in [0.29, 0.717) is 0 Å². The molecular weight excluding hydrogens is 232 g/mol. The van der Waals surface area contributed by atoms with Crippen LogP contribution in [0.4, 0.5) is 0 Å². The van der Waals surface area contributed by atoms with Gasteiger partial charge in [0.15, 0.2) is 0 Å². The normalized spacial score (nSPS) is 18.6. The number of amides is 1. The van der Waals surface area contributed by atoms with Crippen molar-refractivity contribution in [2.75, 3.05) is 19.6 Å². The SMILES string of the molecule is CCN1CCC(NC(=O)CC(C)(C)C(=O)O)CC1. The minimum atomic E-state index is -0.992. The summed E-state index contributed by atoms with van der Waals surface area (Å²) in [6.45, 7) is 8.34. The summed E-state index contributed by atoms with van der Waals surface area (Å²) in [6.07, 6.45) is 1.94. The smallest absolute Gasteiger partial charge is 0.309 e. The van der Waals surface area contributed by atoms with Crippen molar-refractivity contribution in [3.63, 3.8) is 0 Å². The zero-order chi connectivity index (χ0) is 13.8. The third kappa shape index (κ3) is 4.29. The quantitative estimate of drug-likeness (QED) is 0.772. The lowest BCUT2D eigenvalue weighted by Gasteiger charge is -2.32. The van der Waals surface area contributed by atoms with E-state index in [9.17, 15) is 9.59 Å². The van der Waals surface area contributed by atoms with Gasteiger partial charge in [0.2, 0.25) is 5.91 Å². The van der Waals surface area contributed by atoms with Crippen LogP contribution >= 0.6 is 0 Å². The maximum absolute atomic E-state index is 11.8. The molecule has 1 amide bonds. The Morgan fingerprint density at radius 2 is 1.89 bits per heavy atom. The standard InChI is InChI=1S/C13H24N2O3/c1-4-15-7-5-10(6-8-15)14-11(16)9-13(2,3)12(17)18/h10H,4-9H2,1-3H3,(H,14,16)(H,17,18). The van der Waals surface area contributed by atoms with Crippen molar-refractivity contribution in [2.24, 2.45) is 5.41 Å². The molecule has 1 fully saturated rings. The number of carbonyl (C=O) groups excluding carboxylic acids is 1. The van der Waals surface area contributed by atoms with E-state index in [2.05, 4.69) is 17.1 Å². The molecule has 0 aromatic carbocycles.